The molecule has 6 nitrogen and oxygen atoms in total. The Balaban J connectivity index is 2.87. The van der Waals surface area contributed by atoms with Gasteiger partial charge in [-0.3, -0.25) is 0 Å². The molecule has 13 heavy (non-hydrogen) atoms. The second-order valence-corrected chi connectivity index (χ2v) is 3.03. The second-order valence-electron chi connectivity index (χ2n) is 3.03. The smallest absolute Gasteiger partial charge is 0.338 e. The monoisotopic (exact) mass is 178 g/mol. The van der Waals surface area contributed by atoms with Crippen LogP contribution < -0.4 is 0 Å². The van der Waals surface area contributed by atoms with Crippen LogP contribution in [0.15, 0.2) is 10.2 Å². The van der Waals surface area contributed by atoms with Crippen LogP contribution >= 0.6 is 0 Å². The zero-order chi connectivity index (χ0) is 10.1. The van der Waals surface area contributed by atoms with Gasteiger partial charge in [0.25, 0.3) is 0 Å². The number of aliphatic carboxylic acids is 1. The van der Waals surface area contributed by atoms with E-state index in [1.165, 1.54) is 12.1 Å². The first-order valence-electron chi connectivity index (χ1n) is 3.48. The minimum absolute atomic E-state index is 0.192. The average molecular weight is 178 g/mol. The highest BCUT2D eigenvalue weighted by molar-refractivity contribution is 5.81. The lowest BCUT2D eigenvalue weighted by Crippen LogP contribution is -2.32. The molecule has 0 aliphatic carbocycles. The van der Waals surface area contributed by atoms with E-state index in [1.54, 1.807) is 6.92 Å². The van der Waals surface area contributed by atoms with Gasteiger partial charge in [0.2, 0.25) is 5.41 Å². The molecule has 0 radical (unpaired) electrons. The average Bonchev–Trinajstić information content (AvgIpc) is 2.80. The number of hydrogen-bond donors (Lipinski definition) is 1. The number of hydrogen-bond acceptors (Lipinski definition) is 5. The Bertz CT molecular complexity index is 340. The molecular formula is C7H6N4O2. The van der Waals surface area contributed by atoms with Crippen molar-refractivity contribution >= 4 is 5.97 Å². The van der Waals surface area contributed by atoms with Crippen LogP contribution in [0.3, 0.4) is 0 Å². The Morgan fingerprint density at radius 3 is 2.23 bits per heavy atom. The molecule has 1 heterocycles. The van der Waals surface area contributed by atoms with Crippen LogP contribution in [0.25, 0.3) is 0 Å². The van der Waals surface area contributed by atoms with Crippen molar-refractivity contribution in [2.24, 2.45) is 15.6 Å². The van der Waals surface area contributed by atoms with E-state index in [0.717, 1.165) is 0 Å². The molecule has 0 saturated heterocycles. The normalized spacial score (nSPS) is 17.2. The third-order valence-corrected chi connectivity index (χ3v) is 1.79. The summed E-state index contributed by atoms with van der Waals surface area (Å²) in [4.78, 5) is 10.7. The van der Waals surface area contributed by atoms with Gasteiger partial charge < -0.3 is 5.11 Å². The summed E-state index contributed by atoms with van der Waals surface area (Å²) in [5, 5.41) is 33.0. The summed E-state index contributed by atoms with van der Waals surface area (Å²) in [7, 11) is 0. The molecule has 1 N–H and O–H groups in total. The SMILES string of the molecule is CC1(CC(C#N)(C#N)C(=O)O)N=N1. The lowest BCUT2D eigenvalue weighted by atomic mass is 9.83. The molecule has 0 fully saturated rings. The van der Waals surface area contributed by atoms with Crippen molar-refractivity contribution in [1.82, 2.24) is 0 Å². The number of carbonyl (C=O) groups is 1. The Hall–Kier alpha value is -1.95. The fraction of sp³-hybridized carbons (Fsp3) is 0.571. The minimum atomic E-state index is -2.03. The Morgan fingerprint density at radius 2 is 2.00 bits per heavy atom. The minimum Gasteiger partial charge on any atom is -0.479 e. The van der Waals surface area contributed by atoms with Gasteiger partial charge in [-0.25, -0.2) is 4.79 Å². The van der Waals surface area contributed by atoms with Gasteiger partial charge in [0, 0.05) is 6.42 Å². The number of rotatable bonds is 3. The molecule has 1 aliphatic heterocycles. The molecule has 0 saturated carbocycles. The van der Waals surface area contributed by atoms with E-state index in [2.05, 4.69) is 10.2 Å². The van der Waals surface area contributed by atoms with E-state index < -0.39 is 17.0 Å². The maximum atomic E-state index is 10.7. The summed E-state index contributed by atoms with van der Waals surface area (Å²) >= 11 is 0. The Morgan fingerprint density at radius 1 is 1.54 bits per heavy atom. The van der Waals surface area contributed by atoms with Gasteiger partial charge in [0.1, 0.15) is 0 Å². The number of carboxylic acids is 1. The molecule has 0 spiro atoms. The van der Waals surface area contributed by atoms with Gasteiger partial charge in [0.15, 0.2) is 5.66 Å². The van der Waals surface area contributed by atoms with Gasteiger partial charge in [-0.2, -0.15) is 20.8 Å². The summed E-state index contributed by atoms with van der Waals surface area (Å²) in [6.07, 6.45) is -0.192. The van der Waals surface area contributed by atoms with Gasteiger partial charge in [0.05, 0.1) is 12.1 Å². The van der Waals surface area contributed by atoms with E-state index in [4.69, 9.17) is 15.6 Å². The fourth-order valence-corrected chi connectivity index (χ4v) is 0.934. The topological polar surface area (TPSA) is 110 Å². The number of nitrogens with zero attached hydrogens (tertiary/aromatic N) is 4. The Labute approximate surface area is 74.1 Å². The predicted octanol–water partition coefficient (Wildman–Crippen LogP) is 0.677. The predicted molar refractivity (Wildman–Crippen MR) is 39.2 cm³/mol. The van der Waals surface area contributed by atoms with Crippen molar-refractivity contribution < 1.29 is 9.90 Å². The summed E-state index contributed by atoms with van der Waals surface area (Å²) < 4.78 is 0. The summed E-state index contributed by atoms with van der Waals surface area (Å²) in [6, 6.07) is 2.96. The van der Waals surface area contributed by atoms with E-state index in [-0.39, 0.29) is 6.42 Å². The Kier molecular flexibility index (Phi) is 1.78. The zero-order valence-corrected chi connectivity index (χ0v) is 6.85. The molecule has 0 bridgehead atoms. The number of carboxylic acid groups (broad SMARTS) is 1. The lowest BCUT2D eigenvalue weighted by molar-refractivity contribution is -0.143. The highest BCUT2D eigenvalue weighted by atomic mass is 16.4. The first-order valence-corrected chi connectivity index (χ1v) is 3.48. The molecular weight excluding hydrogens is 172 g/mol. The molecule has 1 aliphatic rings. The third-order valence-electron chi connectivity index (χ3n) is 1.79. The quantitative estimate of drug-likeness (QED) is 0.684. The van der Waals surface area contributed by atoms with Gasteiger partial charge >= 0.3 is 5.97 Å². The molecule has 0 aromatic heterocycles. The first kappa shape index (κ1) is 9.14. The molecule has 0 amide bonds. The van der Waals surface area contributed by atoms with E-state index >= 15 is 0 Å². The van der Waals surface area contributed by atoms with Crippen LogP contribution in [0.4, 0.5) is 0 Å². The molecule has 0 aromatic rings. The van der Waals surface area contributed by atoms with Gasteiger partial charge in [-0.15, -0.1) is 0 Å². The van der Waals surface area contributed by atoms with Crippen LogP contribution in [-0.4, -0.2) is 16.7 Å². The van der Waals surface area contributed by atoms with Gasteiger partial charge in [-0.1, -0.05) is 0 Å². The summed E-state index contributed by atoms with van der Waals surface area (Å²) in [6.45, 7) is 1.57. The van der Waals surface area contributed by atoms with E-state index in [1.807, 2.05) is 0 Å². The van der Waals surface area contributed by atoms with E-state index in [9.17, 15) is 4.79 Å². The van der Waals surface area contributed by atoms with Gasteiger partial charge in [-0.05, 0) is 6.92 Å². The molecule has 0 atom stereocenters. The maximum absolute atomic E-state index is 10.7. The van der Waals surface area contributed by atoms with Crippen molar-refractivity contribution in [3.8, 4) is 12.1 Å². The van der Waals surface area contributed by atoms with Crippen LogP contribution in [0, 0.1) is 28.1 Å². The largest absolute Gasteiger partial charge is 0.479 e. The van der Waals surface area contributed by atoms with Crippen molar-refractivity contribution in [2.45, 2.75) is 19.0 Å². The standard InChI is InChI=1S/C7H6N4O2/c1-6(10-11-6)2-7(3-8,4-9)5(12)13/h2H2,1H3,(H,12,13). The van der Waals surface area contributed by atoms with E-state index in [0.29, 0.717) is 0 Å². The van der Waals surface area contributed by atoms with Crippen LogP contribution in [0.5, 0.6) is 0 Å². The third kappa shape index (κ3) is 1.47. The molecule has 6 heteroatoms. The molecule has 0 aromatic carbocycles. The first-order chi connectivity index (χ1) is 5.98. The summed E-state index contributed by atoms with van der Waals surface area (Å²) in [5.41, 5.74) is -2.89. The summed E-state index contributed by atoms with van der Waals surface area (Å²) in [5.74, 6) is -1.45. The van der Waals surface area contributed by atoms with Crippen molar-refractivity contribution in [3.05, 3.63) is 0 Å². The number of nitriles is 2. The lowest BCUT2D eigenvalue weighted by Gasteiger charge is -2.13. The molecule has 1 rings (SSSR count). The maximum Gasteiger partial charge on any atom is 0.338 e. The molecule has 0 unspecified atom stereocenters. The van der Waals surface area contributed by atoms with Crippen molar-refractivity contribution in [2.75, 3.05) is 0 Å². The van der Waals surface area contributed by atoms with Crippen molar-refractivity contribution in [1.29, 1.82) is 10.5 Å². The highest BCUT2D eigenvalue weighted by Crippen LogP contribution is 2.39. The van der Waals surface area contributed by atoms with Crippen LogP contribution in [-0.2, 0) is 4.79 Å². The van der Waals surface area contributed by atoms with Crippen LogP contribution in [0.2, 0.25) is 0 Å². The van der Waals surface area contributed by atoms with Crippen molar-refractivity contribution in [3.63, 3.8) is 0 Å². The zero-order valence-electron chi connectivity index (χ0n) is 6.85. The highest BCUT2D eigenvalue weighted by Gasteiger charge is 2.50. The van der Waals surface area contributed by atoms with Crippen LogP contribution in [0.1, 0.15) is 13.3 Å². The fourth-order valence-electron chi connectivity index (χ4n) is 0.934. The molecule has 66 valence electrons. The second kappa shape index (κ2) is 2.53.